The number of para-hydroxylation sites is 1. The number of benzene rings is 3. The lowest BCUT2D eigenvalue weighted by atomic mass is 10.0. The largest absolute Gasteiger partial charge is 0.383 e. The van der Waals surface area contributed by atoms with E-state index in [9.17, 15) is 9.59 Å². The second kappa shape index (κ2) is 9.21. The molecule has 2 heterocycles. The van der Waals surface area contributed by atoms with Gasteiger partial charge in [-0.15, -0.1) is 0 Å². The first-order valence-electron chi connectivity index (χ1n) is 11.0. The highest BCUT2D eigenvalue weighted by atomic mass is 32.1. The number of thiocarbonyl (C=S) groups is 1. The van der Waals surface area contributed by atoms with Gasteiger partial charge >= 0.3 is 0 Å². The number of carbonyl (C=O) groups is 2. The summed E-state index contributed by atoms with van der Waals surface area (Å²) in [5.41, 5.74) is 3.07. The number of fused-ring (bicyclic) bond motifs is 2. The summed E-state index contributed by atoms with van der Waals surface area (Å²) in [6, 6.07) is 22.6. The molecule has 5 rings (SSSR count). The van der Waals surface area contributed by atoms with Crippen LogP contribution < -0.4 is 5.32 Å². The van der Waals surface area contributed by atoms with Crippen molar-refractivity contribution in [3.8, 4) is 0 Å². The van der Waals surface area contributed by atoms with Gasteiger partial charge in [0.1, 0.15) is 5.57 Å². The normalized spacial score (nSPS) is 15.5. The molecule has 0 unspecified atom stereocenters. The van der Waals surface area contributed by atoms with Crippen LogP contribution in [0, 0.1) is 0 Å². The predicted octanol–water partition coefficient (Wildman–Crippen LogP) is 4.12. The first kappa shape index (κ1) is 22.0. The Morgan fingerprint density at radius 2 is 1.71 bits per heavy atom. The molecule has 1 saturated heterocycles. The number of nitrogens with one attached hydrogen (secondary N) is 1. The van der Waals surface area contributed by atoms with Crippen molar-refractivity contribution in [2.24, 2.45) is 0 Å². The van der Waals surface area contributed by atoms with E-state index in [-0.39, 0.29) is 17.2 Å². The van der Waals surface area contributed by atoms with E-state index in [1.165, 1.54) is 21.2 Å². The molecule has 0 atom stereocenters. The third-order valence-corrected chi connectivity index (χ3v) is 6.37. The van der Waals surface area contributed by atoms with E-state index < -0.39 is 11.8 Å². The van der Waals surface area contributed by atoms with Gasteiger partial charge in [0.15, 0.2) is 5.11 Å². The van der Waals surface area contributed by atoms with Crippen LogP contribution in [0.3, 0.4) is 0 Å². The zero-order chi connectivity index (χ0) is 23.7. The lowest BCUT2D eigenvalue weighted by molar-refractivity contribution is -0.129. The van der Waals surface area contributed by atoms with Gasteiger partial charge in [-0.3, -0.25) is 19.8 Å². The molecule has 34 heavy (non-hydrogen) atoms. The molecule has 1 aliphatic rings. The van der Waals surface area contributed by atoms with Crippen molar-refractivity contribution >= 4 is 56.9 Å². The topological polar surface area (TPSA) is 63.6 Å². The van der Waals surface area contributed by atoms with Crippen LogP contribution in [0.25, 0.3) is 27.8 Å². The molecule has 1 N–H and O–H groups in total. The first-order chi connectivity index (χ1) is 16.6. The molecule has 1 aromatic heterocycles. The quantitative estimate of drug-likeness (QED) is 0.262. The van der Waals surface area contributed by atoms with E-state index in [4.69, 9.17) is 17.0 Å². The number of hydrogen-bond donors (Lipinski definition) is 1. The molecule has 7 heteroatoms. The highest BCUT2D eigenvalue weighted by molar-refractivity contribution is 7.80. The minimum atomic E-state index is -0.491. The smallest absolute Gasteiger partial charge is 0.265 e. The van der Waals surface area contributed by atoms with Crippen LogP contribution in [0.5, 0.6) is 0 Å². The van der Waals surface area contributed by atoms with Crippen LogP contribution in [-0.4, -0.2) is 46.7 Å². The molecule has 0 saturated carbocycles. The number of carbonyl (C=O) groups excluding carboxylic acids is 2. The van der Waals surface area contributed by atoms with Crippen LogP contribution in [0.2, 0.25) is 0 Å². The summed E-state index contributed by atoms with van der Waals surface area (Å²) in [7, 11) is 1.55. The van der Waals surface area contributed by atoms with Crippen molar-refractivity contribution in [1.82, 2.24) is 14.8 Å². The average Bonchev–Trinajstić information content (AvgIpc) is 3.19. The molecule has 0 aliphatic carbocycles. The number of nitrogens with zero attached hydrogens (tertiary/aromatic N) is 2. The average molecular weight is 470 g/mol. The van der Waals surface area contributed by atoms with Gasteiger partial charge in [-0.1, -0.05) is 60.7 Å². The fourth-order valence-electron chi connectivity index (χ4n) is 4.37. The molecule has 1 aliphatic heterocycles. The van der Waals surface area contributed by atoms with Crippen LogP contribution >= 0.6 is 12.2 Å². The molecular formula is C27H23N3O3S. The van der Waals surface area contributed by atoms with Crippen LogP contribution in [-0.2, 0) is 20.9 Å². The number of aromatic nitrogens is 1. The maximum absolute atomic E-state index is 13.1. The lowest BCUT2D eigenvalue weighted by Gasteiger charge is -2.28. The summed E-state index contributed by atoms with van der Waals surface area (Å²) in [5, 5.41) is 6.08. The monoisotopic (exact) mass is 469 g/mol. The summed E-state index contributed by atoms with van der Waals surface area (Å²) in [6.45, 7) is 1.25. The van der Waals surface area contributed by atoms with Crippen LogP contribution in [0.4, 0.5) is 0 Å². The minimum absolute atomic E-state index is 0.0535. The molecular weight excluding hydrogens is 446 g/mol. The van der Waals surface area contributed by atoms with E-state index in [1.54, 1.807) is 13.2 Å². The first-order valence-corrected chi connectivity index (χ1v) is 11.4. The van der Waals surface area contributed by atoms with Crippen molar-refractivity contribution in [2.45, 2.75) is 6.54 Å². The highest BCUT2D eigenvalue weighted by Crippen LogP contribution is 2.27. The van der Waals surface area contributed by atoms with Gasteiger partial charge in [-0.25, -0.2) is 0 Å². The summed E-state index contributed by atoms with van der Waals surface area (Å²) in [6.07, 6.45) is 3.65. The minimum Gasteiger partial charge on any atom is -0.383 e. The van der Waals surface area contributed by atoms with Gasteiger partial charge in [-0.2, -0.15) is 0 Å². The van der Waals surface area contributed by atoms with E-state index in [2.05, 4.69) is 40.2 Å². The van der Waals surface area contributed by atoms with E-state index in [0.717, 1.165) is 16.5 Å². The van der Waals surface area contributed by atoms with Crippen molar-refractivity contribution in [2.75, 3.05) is 20.3 Å². The maximum Gasteiger partial charge on any atom is 0.265 e. The lowest BCUT2D eigenvalue weighted by Crippen LogP contribution is -2.54. The Morgan fingerprint density at radius 3 is 2.53 bits per heavy atom. The van der Waals surface area contributed by atoms with Crippen LogP contribution in [0.1, 0.15) is 11.1 Å². The van der Waals surface area contributed by atoms with E-state index in [0.29, 0.717) is 13.2 Å². The van der Waals surface area contributed by atoms with Gasteiger partial charge in [-0.05, 0) is 40.7 Å². The number of hydrogen-bond acceptors (Lipinski definition) is 4. The van der Waals surface area contributed by atoms with Gasteiger partial charge in [0.05, 0.1) is 13.2 Å². The van der Waals surface area contributed by atoms with Crippen molar-refractivity contribution in [1.29, 1.82) is 0 Å². The second-order valence-corrected chi connectivity index (χ2v) is 8.52. The molecule has 170 valence electrons. The van der Waals surface area contributed by atoms with Crippen molar-refractivity contribution in [3.63, 3.8) is 0 Å². The number of rotatable bonds is 6. The highest BCUT2D eigenvalue weighted by Gasteiger charge is 2.33. The number of amides is 2. The molecule has 4 aromatic rings. The maximum atomic E-state index is 13.1. The van der Waals surface area contributed by atoms with E-state index in [1.807, 2.05) is 42.6 Å². The van der Waals surface area contributed by atoms with Gasteiger partial charge in [0.2, 0.25) is 0 Å². The standard InChI is InChI=1S/C27H23N3O3S/c1-33-14-13-30-26(32)23(25(31)28-27(30)34)15-20-17-29(24-12-5-4-11-22(20)24)16-19-9-6-8-18-7-2-3-10-21(18)19/h2-12,15,17H,13-14,16H2,1H3,(H,28,31,34)/b23-15+. The molecule has 2 amide bonds. The third-order valence-electron chi connectivity index (χ3n) is 6.04. The molecule has 3 aromatic carbocycles. The molecule has 0 bridgehead atoms. The predicted molar refractivity (Wildman–Crippen MR) is 137 cm³/mol. The van der Waals surface area contributed by atoms with Crippen molar-refractivity contribution in [3.05, 3.63) is 89.6 Å². The van der Waals surface area contributed by atoms with Gasteiger partial charge < -0.3 is 9.30 Å². The Morgan fingerprint density at radius 1 is 0.971 bits per heavy atom. The Kier molecular flexibility index (Phi) is 5.96. The molecule has 6 nitrogen and oxygen atoms in total. The summed E-state index contributed by atoms with van der Waals surface area (Å²) >= 11 is 5.19. The third kappa shape index (κ3) is 4.00. The van der Waals surface area contributed by atoms with Gasteiger partial charge in [0, 0.05) is 36.3 Å². The fourth-order valence-corrected chi connectivity index (χ4v) is 4.64. The SMILES string of the molecule is COCCN1C(=O)/C(=C/c2cn(Cc3cccc4ccccc34)c3ccccc23)C(=O)NC1=S. The molecule has 1 fully saturated rings. The number of methoxy groups -OCH3 is 1. The second-order valence-electron chi connectivity index (χ2n) is 8.13. The zero-order valence-electron chi connectivity index (χ0n) is 18.7. The Hall–Kier alpha value is -3.81. The fraction of sp³-hybridized carbons (Fsp3) is 0.148. The molecule has 0 radical (unpaired) electrons. The summed E-state index contributed by atoms with van der Waals surface area (Å²) in [4.78, 5) is 27.1. The Balaban J connectivity index is 1.56. The Labute approximate surface area is 202 Å². The summed E-state index contributed by atoms with van der Waals surface area (Å²) < 4.78 is 7.24. The van der Waals surface area contributed by atoms with Crippen LogP contribution in [0.15, 0.2) is 78.5 Å². The van der Waals surface area contributed by atoms with Crippen molar-refractivity contribution < 1.29 is 14.3 Å². The van der Waals surface area contributed by atoms with Gasteiger partial charge in [0.25, 0.3) is 11.8 Å². The number of ether oxygens (including phenoxy) is 1. The Bertz CT molecular complexity index is 1470. The van der Waals surface area contributed by atoms with E-state index >= 15 is 0 Å². The zero-order valence-corrected chi connectivity index (χ0v) is 19.5. The molecule has 0 spiro atoms. The summed E-state index contributed by atoms with van der Waals surface area (Å²) in [5.74, 6) is -0.911.